The predicted octanol–water partition coefficient (Wildman–Crippen LogP) is 3.39. The van der Waals surface area contributed by atoms with Crippen LogP contribution in [0.2, 0.25) is 0 Å². The Bertz CT molecular complexity index is 664. The average Bonchev–Trinajstić information content (AvgIpc) is 2.41. The number of benzene rings is 2. The lowest BCUT2D eigenvalue weighted by molar-refractivity contribution is -0.385. The van der Waals surface area contributed by atoms with Crippen molar-refractivity contribution in [2.24, 2.45) is 0 Å². The van der Waals surface area contributed by atoms with E-state index >= 15 is 0 Å². The molecule has 0 amide bonds. The molecule has 0 saturated heterocycles. The summed E-state index contributed by atoms with van der Waals surface area (Å²) in [4.78, 5) is 21.0. The molecular weight excluding hydrogens is 262 g/mol. The summed E-state index contributed by atoms with van der Waals surface area (Å²) >= 11 is 0. The van der Waals surface area contributed by atoms with E-state index in [0.717, 1.165) is 17.7 Å². The van der Waals surface area contributed by atoms with Gasteiger partial charge in [0, 0.05) is 12.1 Å². The molecule has 1 N–H and O–H groups in total. The largest absolute Gasteiger partial charge is 0.477 e. The van der Waals surface area contributed by atoms with Crippen molar-refractivity contribution in [3.8, 4) is 11.5 Å². The van der Waals surface area contributed by atoms with E-state index in [0.29, 0.717) is 5.75 Å². The second-order valence-electron chi connectivity index (χ2n) is 4.16. The van der Waals surface area contributed by atoms with Crippen LogP contribution in [-0.2, 0) is 0 Å². The van der Waals surface area contributed by atoms with Gasteiger partial charge in [-0.3, -0.25) is 10.1 Å². The second kappa shape index (κ2) is 5.40. The van der Waals surface area contributed by atoms with E-state index in [2.05, 4.69) is 0 Å². The Morgan fingerprint density at radius 1 is 1.15 bits per heavy atom. The fourth-order valence-electron chi connectivity index (χ4n) is 1.65. The number of aryl methyl sites for hydroxylation is 1. The standard InChI is InChI=1S/C14H11NO5/c1-9-2-4-10(5-3-9)20-11-6-7-13(15(18)19)12(8-11)14(16)17/h2-8H,1H3,(H,16,17). The Labute approximate surface area is 114 Å². The van der Waals surface area contributed by atoms with Gasteiger partial charge in [-0.2, -0.15) is 0 Å². The lowest BCUT2D eigenvalue weighted by Crippen LogP contribution is -2.02. The Balaban J connectivity index is 2.34. The van der Waals surface area contributed by atoms with Crippen molar-refractivity contribution < 1.29 is 19.6 Å². The van der Waals surface area contributed by atoms with Gasteiger partial charge in [0.05, 0.1) is 4.92 Å². The van der Waals surface area contributed by atoms with Gasteiger partial charge < -0.3 is 9.84 Å². The maximum atomic E-state index is 11.0. The molecule has 2 aromatic rings. The molecule has 2 rings (SSSR count). The number of hydrogen-bond donors (Lipinski definition) is 1. The predicted molar refractivity (Wildman–Crippen MR) is 71.3 cm³/mol. The summed E-state index contributed by atoms with van der Waals surface area (Å²) in [6.07, 6.45) is 0. The van der Waals surface area contributed by atoms with Crippen LogP contribution >= 0.6 is 0 Å². The van der Waals surface area contributed by atoms with Gasteiger partial charge in [0.15, 0.2) is 0 Å². The average molecular weight is 273 g/mol. The van der Waals surface area contributed by atoms with Crippen molar-refractivity contribution in [3.05, 3.63) is 63.7 Å². The fraction of sp³-hybridized carbons (Fsp3) is 0.0714. The number of nitro benzene ring substituents is 1. The van der Waals surface area contributed by atoms with E-state index < -0.39 is 22.1 Å². The van der Waals surface area contributed by atoms with Gasteiger partial charge >= 0.3 is 5.97 Å². The first-order valence-corrected chi connectivity index (χ1v) is 5.73. The van der Waals surface area contributed by atoms with Gasteiger partial charge in [-0.15, -0.1) is 0 Å². The zero-order valence-electron chi connectivity index (χ0n) is 10.6. The molecule has 6 nitrogen and oxygen atoms in total. The van der Waals surface area contributed by atoms with Crippen LogP contribution in [0.15, 0.2) is 42.5 Å². The Morgan fingerprint density at radius 2 is 1.75 bits per heavy atom. The normalized spacial score (nSPS) is 10.1. The van der Waals surface area contributed by atoms with Crippen LogP contribution in [0, 0.1) is 17.0 Å². The Kier molecular flexibility index (Phi) is 3.65. The summed E-state index contributed by atoms with van der Waals surface area (Å²) in [5.41, 5.74) is 0.195. The molecule has 0 fully saturated rings. The van der Waals surface area contributed by atoms with Gasteiger partial charge in [0.1, 0.15) is 17.1 Å². The highest BCUT2D eigenvalue weighted by Gasteiger charge is 2.20. The van der Waals surface area contributed by atoms with Crippen molar-refractivity contribution in [1.82, 2.24) is 0 Å². The minimum Gasteiger partial charge on any atom is -0.477 e. The summed E-state index contributed by atoms with van der Waals surface area (Å²) in [6, 6.07) is 10.8. The van der Waals surface area contributed by atoms with Gasteiger partial charge in [-0.05, 0) is 25.1 Å². The highest BCUT2D eigenvalue weighted by molar-refractivity contribution is 5.92. The fourth-order valence-corrected chi connectivity index (χ4v) is 1.65. The zero-order chi connectivity index (χ0) is 14.7. The van der Waals surface area contributed by atoms with E-state index in [1.165, 1.54) is 6.07 Å². The van der Waals surface area contributed by atoms with Gasteiger partial charge in [-0.1, -0.05) is 17.7 Å². The Morgan fingerprint density at radius 3 is 2.30 bits per heavy atom. The lowest BCUT2D eigenvalue weighted by Gasteiger charge is -2.07. The third kappa shape index (κ3) is 2.92. The highest BCUT2D eigenvalue weighted by atomic mass is 16.6. The van der Waals surface area contributed by atoms with Crippen LogP contribution in [0.25, 0.3) is 0 Å². The maximum absolute atomic E-state index is 11.0. The first-order chi connectivity index (χ1) is 9.47. The number of carboxylic acids is 1. The van der Waals surface area contributed by atoms with E-state index in [1.807, 2.05) is 19.1 Å². The molecule has 2 aromatic carbocycles. The van der Waals surface area contributed by atoms with Crippen LogP contribution in [-0.4, -0.2) is 16.0 Å². The minimum absolute atomic E-state index is 0.233. The molecule has 0 aliphatic carbocycles. The molecule has 0 spiro atoms. The number of carboxylic acid groups (broad SMARTS) is 1. The molecule has 6 heteroatoms. The van der Waals surface area contributed by atoms with Gasteiger partial charge in [-0.25, -0.2) is 4.79 Å². The number of carbonyl (C=O) groups is 1. The van der Waals surface area contributed by atoms with E-state index in [4.69, 9.17) is 9.84 Å². The third-order valence-electron chi connectivity index (χ3n) is 2.65. The van der Waals surface area contributed by atoms with Crippen LogP contribution < -0.4 is 4.74 Å². The number of aromatic carboxylic acids is 1. The number of rotatable bonds is 4. The number of ether oxygens (including phenoxy) is 1. The van der Waals surface area contributed by atoms with Crippen molar-refractivity contribution in [3.63, 3.8) is 0 Å². The van der Waals surface area contributed by atoms with E-state index in [-0.39, 0.29) is 5.75 Å². The molecule has 0 radical (unpaired) electrons. The molecule has 0 aromatic heterocycles. The minimum atomic E-state index is -1.37. The van der Waals surface area contributed by atoms with Crippen LogP contribution in [0.1, 0.15) is 15.9 Å². The molecule has 0 unspecified atom stereocenters. The van der Waals surface area contributed by atoms with Crippen molar-refractivity contribution in [2.45, 2.75) is 6.92 Å². The SMILES string of the molecule is Cc1ccc(Oc2ccc([N+](=O)[O-])c(C(=O)O)c2)cc1. The quantitative estimate of drug-likeness (QED) is 0.681. The van der Waals surface area contributed by atoms with Crippen molar-refractivity contribution in [2.75, 3.05) is 0 Å². The van der Waals surface area contributed by atoms with E-state index in [9.17, 15) is 14.9 Å². The summed E-state index contributed by atoms with van der Waals surface area (Å²) in [7, 11) is 0. The lowest BCUT2D eigenvalue weighted by atomic mass is 10.1. The molecule has 0 heterocycles. The number of hydrogen-bond acceptors (Lipinski definition) is 4. The number of nitrogens with zero attached hydrogens (tertiary/aromatic N) is 1. The molecule has 0 aliphatic heterocycles. The Hall–Kier alpha value is -2.89. The third-order valence-corrected chi connectivity index (χ3v) is 2.65. The van der Waals surface area contributed by atoms with Crippen LogP contribution in [0.5, 0.6) is 11.5 Å². The highest BCUT2D eigenvalue weighted by Crippen LogP contribution is 2.27. The summed E-state index contributed by atoms with van der Waals surface area (Å²) < 4.78 is 5.47. The molecule has 0 aliphatic rings. The first-order valence-electron chi connectivity index (χ1n) is 5.73. The van der Waals surface area contributed by atoms with Crippen LogP contribution in [0.4, 0.5) is 5.69 Å². The van der Waals surface area contributed by atoms with Gasteiger partial charge in [0.25, 0.3) is 5.69 Å². The van der Waals surface area contributed by atoms with Gasteiger partial charge in [0.2, 0.25) is 0 Å². The summed E-state index contributed by atoms with van der Waals surface area (Å²) in [6.45, 7) is 1.93. The zero-order valence-corrected chi connectivity index (χ0v) is 10.6. The number of nitro groups is 1. The van der Waals surface area contributed by atoms with Crippen molar-refractivity contribution >= 4 is 11.7 Å². The van der Waals surface area contributed by atoms with Crippen molar-refractivity contribution in [1.29, 1.82) is 0 Å². The maximum Gasteiger partial charge on any atom is 0.342 e. The molecule has 0 saturated carbocycles. The smallest absolute Gasteiger partial charge is 0.342 e. The summed E-state index contributed by atoms with van der Waals surface area (Å²) in [5, 5.41) is 19.7. The van der Waals surface area contributed by atoms with E-state index in [1.54, 1.807) is 12.1 Å². The monoisotopic (exact) mass is 273 g/mol. The molecule has 102 valence electrons. The molecule has 20 heavy (non-hydrogen) atoms. The summed E-state index contributed by atoms with van der Waals surface area (Å²) in [5.74, 6) is -0.608. The second-order valence-corrected chi connectivity index (χ2v) is 4.16. The topological polar surface area (TPSA) is 89.7 Å². The molecular formula is C14H11NO5. The molecule has 0 atom stereocenters. The van der Waals surface area contributed by atoms with Crippen LogP contribution in [0.3, 0.4) is 0 Å². The first kappa shape index (κ1) is 13.5. The molecule has 0 bridgehead atoms.